The van der Waals surface area contributed by atoms with Crippen LogP contribution in [0.15, 0.2) is 108 Å². The highest BCUT2D eigenvalue weighted by molar-refractivity contribution is 6.33. The van der Waals surface area contributed by atoms with Crippen LogP contribution >= 0.6 is 11.6 Å². The average Bonchev–Trinajstić information content (AvgIpc) is 3.58. The average molecular weight is 557 g/mol. The first-order chi connectivity index (χ1) is 19.8. The Kier molecular flexibility index (Phi) is 8.47. The normalized spacial score (nSPS) is 20.7. The molecule has 0 saturated carbocycles. The van der Waals surface area contributed by atoms with Gasteiger partial charge < -0.3 is 23.4 Å². The zero-order valence-electron chi connectivity index (χ0n) is 21.8. The van der Waals surface area contributed by atoms with Crippen molar-refractivity contribution in [3.8, 4) is 0 Å². The molecule has 0 N–H and O–H groups in total. The summed E-state index contributed by atoms with van der Waals surface area (Å²) in [6, 6.07) is 30.2. The van der Waals surface area contributed by atoms with E-state index in [0.29, 0.717) is 37.5 Å². The molecule has 1 saturated heterocycles. The molecule has 0 unspecified atom stereocenters. The number of hydrogen-bond donors (Lipinski definition) is 0. The van der Waals surface area contributed by atoms with Gasteiger partial charge in [0.2, 0.25) is 0 Å². The first kappa shape index (κ1) is 26.6. The molecule has 4 atom stereocenters. The first-order valence-corrected chi connectivity index (χ1v) is 13.6. The van der Waals surface area contributed by atoms with Crippen LogP contribution in [0.1, 0.15) is 28.4 Å². The van der Waals surface area contributed by atoms with Crippen LogP contribution in [0, 0.1) is 0 Å². The van der Waals surface area contributed by atoms with Crippen molar-refractivity contribution < 1.29 is 23.4 Å². The molecule has 3 heterocycles. The smallest absolute Gasteiger partial charge is 0.189 e. The lowest BCUT2D eigenvalue weighted by Gasteiger charge is -2.25. The van der Waals surface area contributed by atoms with E-state index in [2.05, 4.69) is 9.97 Å². The third kappa shape index (κ3) is 6.09. The number of nitrogens with zero attached hydrogens (tertiary/aromatic N) is 2. The molecule has 40 heavy (non-hydrogen) atoms. The van der Waals surface area contributed by atoms with Crippen LogP contribution < -0.4 is 0 Å². The second-order valence-corrected chi connectivity index (χ2v) is 10.0. The van der Waals surface area contributed by atoms with Crippen molar-refractivity contribution in [3.63, 3.8) is 0 Å². The molecule has 0 radical (unpaired) electrons. The van der Waals surface area contributed by atoms with Gasteiger partial charge in [-0.15, -0.1) is 0 Å². The molecule has 204 valence electrons. The van der Waals surface area contributed by atoms with Crippen LogP contribution in [-0.2, 0) is 38.8 Å². The molecule has 0 bridgehead atoms. The maximum Gasteiger partial charge on any atom is 0.189 e. The first-order valence-electron chi connectivity index (χ1n) is 13.2. The topological polar surface area (TPSA) is 75.8 Å². The standard InChI is InChI=1S/C32H29ClN2O5/c33-32-30-27(34-21-35-32)25(19-39-30)28-31(38-18-24-14-8-3-9-15-24)29(37-17-23-12-6-2-7-13-23)26(40-28)20-36-16-22-10-4-1-5-11-22/h1-15,19,21,26,28-29,31H,16-18,20H2/t26-,28+,29-,31+/m1/s1. The Morgan fingerprint density at radius 1 is 0.700 bits per heavy atom. The van der Waals surface area contributed by atoms with Crippen molar-refractivity contribution in [1.82, 2.24) is 9.97 Å². The number of hydrogen-bond acceptors (Lipinski definition) is 7. The molecule has 0 aliphatic carbocycles. The summed E-state index contributed by atoms with van der Waals surface area (Å²) in [5.41, 5.74) is 4.93. The summed E-state index contributed by atoms with van der Waals surface area (Å²) < 4.78 is 31.7. The number of fused-ring (bicyclic) bond motifs is 1. The van der Waals surface area contributed by atoms with E-state index in [1.54, 1.807) is 6.26 Å². The maximum atomic E-state index is 6.66. The van der Waals surface area contributed by atoms with Crippen molar-refractivity contribution >= 4 is 22.7 Å². The maximum absolute atomic E-state index is 6.66. The molecule has 1 fully saturated rings. The number of furan rings is 1. The Morgan fingerprint density at radius 2 is 1.27 bits per heavy atom. The van der Waals surface area contributed by atoms with Gasteiger partial charge in [-0.05, 0) is 16.7 Å². The van der Waals surface area contributed by atoms with E-state index in [-0.39, 0.29) is 5.15 Å². The van der Waals surface area contributed by atoms with Gasteiger partial charge in [0.15, 0.2) is 10.7 Å². The Bertz CT molecular complexity index is 1500. The van der Waals surface area contributed by atoms with Gasteiger partial charge in [-0.3, -0.25) is 0 Å². The lowest BCUT2D eigenvalue weighted by atomic mass is 10.0. The molecule has 0 spiro atoms. The van der Waals surface area contributed by atoms with E-state index < -0.39 is 24.4 Å². The minimum absolute atomic E-state index is 0.246. The number of ether oxygens (including phenoxy) is 4. The molecule has 7 nitrogen and oxygen atoms in total. The fraction of sp³-hybridized carbons (Fsp3) is 0.250. The Balaban J connectivity index is 1.29. The van der Waals surface area contributed by atoms with Gasteiger partial charge in [0.05, 0.1) is 32.7 Å². The number of rotatable bonds is 11. The highest BCUT2D eigenvalue weighted by Gasteiger charge is 2.48. The summed E-state index contributed by atoms with van der Waals surface area (Å²) >= 11 is 6.29. The summed E-state index contributed by atoms with van der Waals surface area (Å²) in [7, 11) is 0. The van der Waals surface area contributed by atoms with Gasteiger partial charge in [-0.1, -0.05) is 103 Å². The van der Waals surface area contributed by atoms with Crippen molar-refractivity contribution in [2.75, 3.05) is 6.61 Å². The van der Waals surface area contributed by atoms with Crippen LogP contribution in [0.25, 0.3) is 11.1 Å². The van der Waals surface area contributed by atoms with Gasteiger partial charge in [-0.2, -0.15) is 0 Å². The molecule has 5 aromatic rings. The zero-order valence-corrected chi connectivity index (χ0v) is 22.5. The van der Waals surface area contributed by atoms with E-state index in [1.165, 1.54) is 6.33 Å². The molecule has 3 aromatic carbocycles. The molecule has 0 amide bonds. The van der Waals surface area contributed by atoms with Crippen molar-refractivity contribution in [3.05, 3.63) is 131 Å². The van der Waals surface area contributed by atoms with E-state index in [0.717, 1.165) is 22.3 Å². The fourth-order valence-electron chi connectivity index (χ4n) is 4.94. The van der Waals surface area contributed by atoms with Crippen LogP contribution in [0.4, 0.5) is 0 Å². The highest BCUT2D eigenvalue weighted by Crippen LogP contribution is 2.41. The van der Waals surface area contributed by atoms with Gasteiger partial charge >= 0.3 is 0 Å². The van der Waals surface area contributed by atoms with Crippen LogP contribution in [0.2, 0.25) is 5.15 Å². The third-order valence-corrected chi connectivity index (χ3v) is 7.19. The van der Waals surface area contributed by atoms with E-state index in [4.69, 9.17) is 35.0 Å². The largest absolute Gasteiger partial charge is 0.459 e. The Morgan fingerprint density at radius 3 is 1.90 bits per heavy atom. The second-order valence-electron chi connectivity index (χ2n) is 9.65. The quantitative estimate of drug-likeness (QED) is 0.167. The SMILES string of the molecule is Clc1ncnc2c([C@@H]3O[C@H](COCc4ccccc4)[C@@H](OCc4ccccc4)[C@H]3OCc3ccccc3)coc12. The molecular weight excluding hydrogens is 528 g/mol. The zero-order chi connectivity index (χ0) is 27.1. The molecular formula is C32H29ClN2O5. The predicted molar refractivity (Wildman–Crippen MR) is 151 cm³/mol. The Labute approximate surface area is 237 Å². The van der Waals surface area contributed by atoms with E-state index in [9.17, 15) is 0 Å². The minimum Gasteiger partial charge on any atom is -0.459 e. The number of aromatic nitrogens is 2. The van der Waals surface area contributed by atoms with Crippen molar-refractivity contribution in [2.45, 2.75) is 44.2 Å². The molecule has 6 rings (SSSR count). The number of halogens is 1. The van der Waals surface area contributed by atoms with Gasteiger partial charge in [-0.25, -0.2) is 9.97 Å². The molecule has 1 aliphatic heterocycles. The molecule has 1 aliphatic rings. The summed E-state index contributed by atoms with van der Waals surface area (Å²) in [4.78, 5) is 8.50. The lowest BCUT2D eigenvalue weighted by Crippen LogP contribution is -2.37. The fourth-order valence-corrected chi connectivity index (χ4v) is 5.12. The second kappa shape index (κ2) is 12.7. The van der Waals surface area contributed by atoms with E-state index in [1.807, 2.05) is 91.0 Å². The third-order valence-electron chi connectivity index (χ3n) is 6.92. The lowest BCUT2D eigenvalue weighted by molar-refractivity contribution is -0.0898. The minimum atomic E-state index is -0.526. The summed E-state index contributed by atoms with van der Waals surface area (Å²) in [5.74, 6) is 0. The van der Waals surface area contributed by atoms with Gasteiger partial charge in [0.1, 0.15) is 36.3 Å². The molecule has 8 heteroatoms. The number of benzene rings is 3. The monoisotopic (exact) mass is 556 g/mol. The van der Waals surface area contributed by atoms with Gasteiger partial charge in [0, 0.05) is 5.56 Å². The van der Waals surface area contributed by atoms with E-state index >= 15 is 0 Å². The summed E-state index contributed by atoms with van der Waals surface area (Å²) in [6.07, 6.45) is 1.22. The van der Waals surface area contributed by atoms with Crippen LogP contribution in [0.5, 0.6) is 0 Å². The van der Waals surface area contributed by atoms with Crippen molar-refractivity contribution in [1.29, 1.82) is 0 Å². The van der Waals surface area contributed by atoms with Gasteiger partial charge in [0.25, 0.3) is 0 Å². The molecule has 2 aromatic heterocycles. The highest BCUT2D eigenvalue weighted by atomic mass is 35.5. The summed E-state index contributed by atoms with van der Waals surface area (Å²) in [5, 5.41) is 0.246. The predicted octanol–water partition coefficient (Wildman–Crippen LogP) is 6.70. The van der Waals surface area contributed by atoms with Crippen LogP contribution in [0.3, 0.4) is 0 Å². The Hall–Kier alpha value is -3.59. The summed E-state index contributed by atoms with van der Waals surface area (Å²) in [6.45, 7) is 1.58. The van der Waals surface area contributed by atoms with Crippen LogP contribution in [-0.4, -0.2) is 34.9 Å². The van der Waals surface area contributed by atoms with Crippen molar-refractivity contribution in [2.24, 2.45) is 0 Å².